The highest BCUT2D eigenvalue weighted by Crippen LogP contribution is 2.34. The quantitative estimate of drug-likeness (QED) is 0.827. The summed E-state index contributed by atoms with van der Waals surface area (Å²) in [6.07, 6.45) is 5.62. The normalized spacial score (nSPS) is 35.8. The van der Waals surface area contributed by atoms with Crippen LogP contribution in [0.5, 0.6) is 0 Å². The molecule has 0 radical (unpaired) electrons. The molecule has 4 atom stereocenters. The second kappa shape index (κ2) is 7.16. The summed E-state index contributed by atoms with van der Waals surface area (Å²) < 4.78 is 0. The van der Waals surface area contributed by atoms with Crippen LogP contribution < -0.4 is 5.32 Å². The summed E-state index contributed by atoms with van der Waals surface area (Å²) >= 11 is 2.19. The molecule has 0 spiro atoms. The largest absolute Gasteiger partial charge is 0.311 e. The van der Waals surface area contributed by atoms with E-state index in [1.165, 1.54) is 51.1 Å². The second-order valence-electron chi connectivity index (χ2n) is 5.93. The number of hydrogen-bond donors (Lipinski definition) is 1. The molecule has 0 bridgehead atoms. The van der Waals surface area contributed by atoms with Gasteiger partial charge in [0.1, 0.15) is 0 Å². The minimum atomic E-state index is 0.719. The van der Waals surface area contributed by atoms with E-state index in [9.17, 15) is 0 Å². The second-order valence-corrected chi connectivity index (χ2v) is 7.45. The van der Waals surface area contributed by atoms with Crippen molar-refractivity contribution in [3.8, 4) is 0 Å². The molecular weight excluding hydrogens is 240 g/mol. The first-order chi connectivity index (χ1) is 8.76. The Morgan fingerprint density at radius 2 is 2.17 bits per heavy atom. The first-order valence-corrected chi connectivity index (χ1v) is 8.90. The zero-order valence-electron chi connectivity index (χ0n) is 12.3. The van der Waals surface area contributed by atoms with Crippen LogP contribution in [-0.2, 0) is 0 Å². The van der Waals surface area contributed by atoms with Gasteiger partial charge in [-0.05, 0) is 24.5 Å². The van der Waals surface area contributed by atoms with Crippen LogP contribution in [-0.4, -0.2) is 47.6 Å². The predicted molar refractivity (Wildman–Crippen MR) is 82.4 cm³/mol. The van der Waals surface area contributed by atoms with Crippen LogP contribution in [0, 0.1) is 5.92 Å². The van der Waals surface area contributed by atoms with Gasteiger partial charge in [-0.15, -0.1) is 0 Å². The summed E-state index contributed by atoms with van der Waals surface area (Å²) in [7, 11) is 0. The van der Waals surface area contributed by atoms with Crippen molar-refractivity contribution in [3.05, 3.63) is 0 Å². The molecule has 1 heterocycles. The lowest BCUT2D eigenvalue weighted by atomic mass is 9.96. The SMILES string of the molecule is CCSC1CCCC1N1CCNC(C(C)CC)C1. The Morgan fingerprint density at radius 1 is 1.33 bits per heavy atom. The lowest BCUT2D eigenvalue weighted by Gasteiger charge is -2.41. The van der Waals surface area contributed by atoms with Gasteiger partial charge >= 0.3 is 0 Å². The number of rotatable bonds is 5. The van der Waals surface area contributed by atoms with Crippen LogP contribution in [0.25, 0.3) is 0 Å². The molecule has 0 aromatic carbocycles. The van der Waals surface area contributed by atoms with Gasteiger partial charge in [-0.3, -0.25) is 4.90 Å². The van der Waals surface area contributed by atoms with Crippen LogP contribution in [0.4, 0.5) is 0 Å². The number of thioether (sulfide) groups is 1. The van der Waals surface area contributed by atoms with Crippen LogP contribution in [0.15, 0.2) is 0 Å². The molecule has 2 fully saturated rings. The van der Waals surface area contributed by atoms with Crippen molar-refractivity contribution in [2.75, 3.05) is 25.4 Å². The summed E-state index contributed by atoms with van der Waals surface area (Å²) in [5.74, 6) is 2.09. The summed E-state index contributed by atoms with van der Waals surface area (Å²) in [4.78, 5) is 2.80. The van der Waals surface area contributed by atoms with Gasteiger partial charge in [0.25, 0.3) is 0 Å². The molecular formula is C15H30N2S. The zero-order chi connectivity index (χ0) is 13.0. The van der Waals surface area contributed by atoms with E-state index < -0.39 is 0 Å². The Labute approximate surface area is 117 Å². The Hall–Kier alpha value is 0.270. The van der Waals surface area contributed by atoms with Crippen LogP contribution in [0.2, 0.25) is 0 Å². The smallest absolute Gasteiger partial charge is 0.0221 e. The van der Waals surface area contributed by atoms with Gasteiger partial charge in [0.05, 0.1) is 0 Å². The van der Waals surface area contributed by atoms with Crippen molar-refractivity contribution in [2.45, 2.75) is 63.8 Å². The van der Waals surface area contributed by atoms with E-state index in [1.54, 1.807) is 0 Å². The first-order valence-electron chi connectivity index (χ1n) is 7.85. The van der Waals surface area contributed by atoms with E-state index >= 15 is 0 Å². The number of nitrogens with zero attached hydrogens (tertiary/aromatic N) is 1. The number of nitrogens with one attached hydrogen (secondary N) is 1. The van der Waals surface area contributed by atoms with E-state index in [-0.39, 0.29) is 0 Å². The van der Waals surface area contributed by atoms with E-state index in [2.05, 4.69) is 42.7 Å². The Morgan fingerprint density at radius 3 is 2.89 bits per heavy atom. The van der Waals surface area contributed by atoms with E-state index in [4.69, 9.17) is 0 Å². The third kappa shape index (κ3) is 3.43. The van der Waals surface area contributed by atoms with Crippen molar-refractivity contribution in [2.24, 2.45) is 5.92 Å². The monoisotopic (exact) mass is 270 g/mol. The first kappa shape index (κ1) is 14.7. The Bertz CT molecular complexity index is 247. The molecule has 0 aromatic heterocycles. The molecule has 2 aliphatic rings. The maximum absolute atomic E-state index is 3.72. The average molecular weight is 270 g/mol. The third-order valence-electron chi connectivity index (χ3n) is 4.84. The number of piperazine rings is 1. The maximum atomic E-state index is 3.72. The molecule has 1 N–H and O–H groups in total. The molecule has 1 aliphatic heterocycles. The van der Waals surface area contributed by atoms with Gasteiger partial charge in [0, 0.05) is 37.0 Å². The number of hydrogen-bond acceptors (Lipinski definition) is 3. The van der Waals surface area contributed by atoms with Gasteiger partial charge in [0.2, 0.25) is 0 Å². The Balaban J connectivity index is 1.91. The summed E-state index contributed by atoms with van der Waals surface area (Å²) in [5.41, 5.74) is 0. The van der Waals surface area contributed by atoms with Gasteiger partial charge in [-0.25, -0.2) is 0 Å². The average Bonchev–Trinajstić information content (AvgIpc) is 2.87. The van der Waals surface area contributed by atoms with Crippen molar-refractivity contribution >= 4 is 11.8 Å². The van der Waals surface area contributed by atoms with Crippen molar-refractivity contribution < 1.29 is 0 Å². The lowest BCUT2D eigenvalue weighted by molar-refractivity contribution is 0.126. The third-order valence-corrected chi connectivity index (χ3v) is 6.15. The molecule has 0 aromatic rings. The zero-order valence-corrected chi connectivity index (χ0v) is 13.1. The maximum Gasteiger partial charge on any atom is 0.0221 e. The van der Waals surface area contributed by atoms with Crippen LogP contribution >= 0.6 is 11.8 Å². The highest BCUT2D eigenvalue weighted by Gasteiger charge is 2.35. The van der Waals surface area contributed by atoms with Crippen molar-refractivity contribution in [1.29, 1.82) is 0 Å². The molecule has 3 heteroatoms. The highest BCUT2D eigenvalue weighted by atomic mass is 32.2. The van der Waals surface area contributed by atoms with Gasteiger partial charge in [-0.1, -0.05) is 33.6 Å². The van der Waals surface area contributed by atoms with E-state index in [0.717, 1.165) is 23.3 Å². The standard InChI is InChI=1S/C15H30N2S/c1-4-12(3)13-11-17(10-9-16-13)14-7-6-8-15(14)18-5-2/h12-16H,4-11H2,1-3H3. The fourth-order valence-electron chi connectivity index (χ4n) is 3.50. The van der Waals surface area contributed by atoms with Crippen molar-refractivity contribution in [1.82, 2.24) is 10.2 Å². The molecule has 4 unspecified atom stereocenters. The van der Waals surface area contributed by atoms with E-state index in [0.29, 0.717) is 0 Å². The minimum Gasteiger partial charge on any atom is -0.311 e. The van der Waals surface area contributed by atoms with E-state index in [1.807, 2.05) is 0 Å². The molecule has 0 amide bonds. The molecule has 1 saturated heterocycles. The molecule has 2 nitrogen and oxygen atoms in total. The fraction of sp³-hybridized carbons (Fsp3) is 1.00. The highest BCUT2D eigenvalue weighted by molar-refractivity contribution is 7.99. The Kier molecular flexibility index (Phi) is 5.84. The summed E-state index contributed by atoms with van der Waals surface area (Å²) in [6.45, 7) is 10.7. The summed E-state index contributed by atoms with van der Waals surface area (Å²) in [6, 6.07) is 1.58. The topological polar surface area (TPSA) is 15.3 Å². The van der Waals surface area contributed by atoms with Crippen LogP contribution in [0.1, 0.15) is 46.5 Å². The van der Waals surface area contributed by atoms with Gasteiger partial charge in [0.15, 0.2) is 0 Å². The molecule has 106 valence electrons. The predicted octanol–water partition coefficient (Wildman–Crippen LogP) is 2.98. The van der Waals surface area contributed by atoms with Gasteiger partial charge in [-0.2, -0.15) is 11.8 Å². The fourth-order valence-corrected chi connectivity index (χ4v) is 4.79. The van der Waals surface area contributed by atoms with Crippen LogP contribution in [0.3, 0.4) is 0 Å². The summed E-state index contributed by atoms with van der Waals surface area (Å²) in [5, 5.41) is 4.63. The minimum absolute atomic E-state index is 0.719. The molecule has 1 aliphatic carbocycles. The van der Waals surface area contributed by atoms with Crippen molar-refractivity contribution in [3.63, 3.8) is 0 Å². The molecule has 2 rings (SSSR count). The lowest BCUT2D eigenvalue weighted by Crippen LogP contribution is -2.57. The molecule has 1 saturated carbocycles. The van der Waals surface area contributed by atoms with Gasteiger partial charge < -0.3 is 5.32 Å². The molecule has 18 heavy (non-hydrogen) atoms.